The first-order valence-corrected chi connectivity index (χ1v) is 9.32. The van der Waals surface area contributed by atoms with Gasteiger partial charge >= 0.3 is 0 Å². The highest BCUT2D eigenvalue weighted by atomic mass is 127. The summed E-state index contributed by atoms with van der Waals surface area (Å²) >= 11 is 0. The quantitative estimate of drug-likeness (QED) is 0.405. The van der Waals surface area contributed by atoms with Crippen LogP contribution in [0, 0.1) is 0 Å². The van der Waals surface area contributed by atoms with Gasteiger partial charge in [-0.05, 0) is 31.4 Å². The van der Waals surface area contributed by atoms with Gasteiger partial charge in [0.15, 0.2) is 5.96 Å². The highest BCUT2D eigenvalue weighted by molar-refractivity contribution is 14.0. The molecule has 1 saturated heterocycles. The van der Waals surface area contributed by atoms with Crippen LogP contribution >= 0.6 is 24.0 Å². The average Bonchev–Trinajstić information content (AvgIpc) is 3.14. The van der Waals surface area contributed by atoms with E-state index in [4.69, 9.17) is 9.73 Å². The van der Waals surface area contributed by atoms with Crippen LogP contribution in [0.1, 0.15) is 38.2 Å². The van der Waals surface area contributed by atoms with Crippen LogP contribution in [0.5, 0.6) is 0 Å². The Kier molecular flexibility index (Phi) is 8.81. The first-order chi connectivity index (χ1) is 11.9. The second-order valence-electron chi connectivity index (χ2n) is 6.55. The van der Waals surface area contributed by atoms with E-state index in [1.54, 1.807) is 0 Å². The maximum Gasteiger partial charge on any atom is 0.191 e. The van der Waals surface area contributed by atoms with Crippen molar-refractivity contribution in [3.63, 3.8) is 0 Å². The first-order valence-electron chi connectivity index (χ1n) is 9.32. The Hall–Kier alpha value is -1.02. The zero-order valence-electron chi connectivity index (χ0n) is 15.2. The van der Waals surface area contributed by atoms with Crippen LogP contribution in [0.3, 0.4) is 0 Å². The Balaban J connectivity index is 0.00000225. The number of ether oxygens (including phenoxy) is 1. The molecule has 1 aromatic carbocycles. The molecule has 0 aromatic heterocycles. The molecule has 2 fully saturated rings. The third-order valence-corrected chi connectivity index (χ3v) is 4.79. The van der Waals surface area contributed by atoms with Crippen molar-refractivity contribution in [3.05, 3.63) is 29.8 Å². The second kappa shape index (κ2) is 10.9. The first kappa shape index (κ1) is 20.3. The van der Waals surface area contributed by atoms with Crippen LogP contribution in [0.15, 0.2) is 29.3 Å². The van der Waals surface area contributed by atoms with E-state index < -0.39 is 0 Å². The maximum atomic E-state index is 5.48. The van der Waals surface area contributed by atoms with Gasteiger partial charge in [0.2, 0.25) is 0 Å². The third kappa shape index (κ3) is 6.02. The van der Waals surface area contributed by atoms with Crippen molar-refractivity contribution < 1.29 is 4.74 Å². The van der Waals surface area contributed by atoms with Crippen molar-refractivity contribution in [3.8, 4) is 0 Å². The summed E-state index contributed by atoms with van der Waals surface area (Å²) in [5.74, 6) is 0.946. The van der Waals surface area contributed by atoms with Crippen molar-refractivity contribution in [1.82, 2.24) is 10.6 Å². The van der Waals surface area contributed by atoms with Crippen LogP contribution in [0.25, 0.3) is 0 Å². The van der Waals surface area contributed by atoms with Gasteiger partial charge in [-0.25, -0.2) is 4.99 Å². The topological polar surface area (TPSA) is 48.9 Å². The third-order valence-electron chi connectivity index (χ3n) is 4.79. The van der Waals surface area contributed by atoms with Crippen molar-refractivity contribution in [2.75, 3.05) is 37.7 Å². The molecule has 0 unspecified atom stereocenters. The molecule has 1 aromatic rings. The number of hydrogen-bond acceptors (Lipinski definition) is 3. The maximum absolute atomic E-state index is 5.48. The molecule has 3 rings (SSSR count). The Morgan fingerprint density at radius 1 is 1.20 bits per heavy atom. The number of nitrogens with one attached hydrogen (secondary N) is 2. The number of morpholine rings is 1. The number of rotatable bonds is 5. The van der Waals surface area contributed by atoms with E-state index in [1.165, 1.54) is 36.9 Å². The molecule has 1 aliphatic heterocycles. The Labute approximate surface area is 168 Å². The van der Waals surface area contributed by atoms with E-state index in [9.17, 15) is 0 Å². The van der Waals surface area contributed by atoms with Gasteiger partial charge in [0.25, 0.3) is 0 Å². The molecule has 0 spiro atoms. The van der Waals surface area contributed by atoms with Crippen LogP contribution in [-0.2, 0) is 11.3 Å². The molecular weight excluding hydrogens is 427 g/mol. The Morgan fingerprint density at radius 2 is 1.92 bits per heavy atom. The summed E-state index contributed by atoms with van der Waals surface area (Å²) in [5, 5.41) is 6.98. The summed E-state index contributed by atoms with van der Waals surface area (Å²) in [6.07, 6.45) is 5.18. The molecule has 1 aliphatic carbocycles. The lowest BCUT2D eigenvalue weighted by Gasteiger charge is -2.30. The van der Waals surface area contributed by atoms with E-state index in [0.717, 1.165) is 38.8 Å². The van der Waals surface area contributed by atoms with Crippen molar-refractivity contribution in [1.29, 1.82) is 0 Å². The molecule has 2 aliphatic rings. The van der Waals surface area contributed by atoms with Gasteiger partial charge in [-0.15, -0.1) is 24.0 Å². The molecule has 0 bridgehead atoms. The number of nitrogens with zero attached hydrogens (tertiary/aromatic N) is 2. The molecule has 1 saturated carbocycles. The lowest BCUT2D eigenvalue weighted by Crippen LogP contribution is -2.42. The van der Waals surface area contributed by atoms with E-state index in [0.29, 0.717) is 12.6 Å². The van der Waals surface area contributed by atoms with Crippen molar-refractivity contribution in [2.45, 2.75) is 45.2 Å². The minimum atomic E-state index is 0. The Bertz CT molecular complexity index is 540. The van der Waals surface area contributed by atoms with E-state index in [-0.39, 0.29) is 24.0 Å². The molecule has 0 amide bonds. The number of anilines is 1. The number of halogens is 1. The van der Waals surface area contributed by atoms with Gasteiger partial charge < -0.3 is 20.3 Å². The lowest BCUT2D eigenvalue weighted by molar-refractivity contribution is 0.122. The fraction of sp³-hybridized carbons (Fsp3) is 0.632. The number of guanidine groups is 1. The van der Waals surface area contributed by atoms with Gasteiger partial charge in [0.05, 0.1) is 19.8 Å². The minimum absolute atomic E-state index is 0. The van der Waals surface area contributed by atoms with Crippen LogP contribution in [0.2, 0.25) is 0 Å². The fourth-order valence-corrected chi connectivity index (χ4v) is 3.51. The van der Waals surface area contributed by atoms with E-state index >= 15 is 0 Å². The summed E-state index contributed by atoms with van der Waals surface area (Å²) < 4.78 is 5.48. The monoisotopic (exact) mass is 458 g/mol. The molecule has 0 atom stereocenters. The predicted molar refractivity (Wildman–Crippen MR) is 115 cm³/mol. The normalized spacial score (nSPS) is 18.8. The molecule has 5 nitrogen and oxygen atoms in total. The SMILES string of the molecule is CCNC(=NCc1ccccc1N1CCOCC1)NC1CCCC1.I. The van der Waals surface area contributed by atoms with E-state index in [1.807, 2.05) is 0 Å². The standard InChI is InChI=1S/C19H30N4O.HI/c1-2-20-19(22-17-8-4-5-9-17)21-15-16-7-3-6-10-18(16)23-11-13-24-14-12-23;/h3,6-7,10,17H,2,4-5,8-9,11-15H2,1H3,(H2,20,21,22);1H. The predicted octanol–water partition coefficient (Wildman–Crippen LogP) is 3.14. The van der Waals surface area contributed by atoms with Gasteiger partial charge in [0.1, 0.15) is 0 Å². The van der Waals surface area contributed by atoms with Gasteiger partial charge in [-0.2, -0.15) is 0 Å². The molecule has 2 N–H and O–H groups in total. The number of benzene rings is 1. The van der Waals surface area contributed by atoms with Crippen molar-refractivity contribution in [2.24, 2.45) is 4.99 Å². The van der Waals surface area contributed by atoms with Crippen LogP contribution < -0.4 is 15.5 Å². The molecule has 0 radical (unpaired) electrons. The highest BCUT2D eigenvalue weighted by Gasteiger charge is 2.17. The largest absolute Gasteiger partial charge is 0.378 e. The molecule has 25 heavy (non-hydrogen) atoms. The molecule has 140 valence electrons. The number of para-hydroxylation sites is 1. The summed E-state index contributed by atoms with van der Waals surface area (Å²) in [4.78, 5) is 7.25. The summed E-state index contributed by atoms with van der Waals surface area (Å²) in [6.45, 7) is 7.25. The van der Waals surface area contributed by atoms with Crippen molar-refractivity contribution >= 4 is 35.6 Å². The molecule has 1 heterocycles. The van der Waals surface area contributed by atoms with Gasteiger partial charge in [-0.1, -0.05) is 31.0 Å². The molecular formula is C19H31IN4O. The minimum Gasteiger partial charge on any atom is -0.378 e. The second-order valence-corrected chi connectivity index (χ2v) is 6.55. The summed E-state index contributed by atoms with van der Waals surface area (Å²) in [6, 6.07) is 9.19. The lowest BCUT2D eigenvalue weighted by atomic mass is 10.1. The molecule has 6 heteroatoms. The zero-order chi connectivity index (χ0) is 16.6. The Morgan fingerprint density at radius 3 is 2.64 bits per heavy atom. The highest BCUT2D eigenvalue weighted by Crippen LogP contribution is 2.22. The van der Waals surface area contributed by atoms with Gasteiger partial charge in [-0.3, -0.25) is 0 Å². The summed E-state index contributed by atoms with van der Waals surface area (Å²) in [5.41, 5.74) is 2.57. The summed E-state index contributed by atoms with van der Waals surface area (Å²) in [7, 11) is 0. The zero-order valence-corrected chi connectivity index (χ0v) is 17.5. The fourth-order valence-electron chi connectivity index (χ4n) is 3.51. The van der Waals surface area contributed by atoms with Crippen LogP contribution in [-0.4, -0.2) is 44.8 Å². The van der Waals surface area contributed by atoms with E-state index in [2.05, 4.69) is 46.7 Å². The average molecular weight is 458 g/mol. The number of aliphatic imine (C=N–C) groups is 1. The van der Waals surface area contributed by atoms with Crippen LogP contribution in [0.4, 0.5) is 5.69 Å². The number of hydrogen-bond donors (Lipinski definition) is 2. The van der Waals surface area contributed by atoms with Gasteiger partial charge in [0, 0.05) is 31.4 Å². The smallest absolute Gasteiger partial charge is 0.191 e.